The average Bonchev–Trinajstić information content (AvgIpc) is 2.39. The Kier molecular flexibility index (Phi) is 2.43. The van der Waals surface area contributed by atoms with Crippen LogP contribution in [0.5, 0.6) is 0 Å². The number of amides is 2. The van der Waals surface area contributed by atoms with Crippen LogP contribution in [0.15, 0.2) is 23.5 Å². The summed E-state index contributed by atoms with van der Waals surface area (Å²) in [5.74, 6) is 0. The first-order valence-electron chi connectivity index (χ1n) is 3.19. The Morgan fingerprint density at radius 2 is 1.55 bits per heavy atom. The lowest BCUT2D eigenvalue weighted by Crippen LogP contribution is -2.19. The molecule has 2 N–H and O–H groups in total. The Balaban J connectivity index is 2.59. The molecule has 0 saturated heterocycles. The topological polar surface area (TPSA) is 58.2 Å². The molecule has 0 spiro atoms. The Morgan fingerprint density at radius 3 is 1.91 bits per heavy atom. The van der Waals surface area contributed by atoms with E-state index in [9.17, 15) is 9.59 Å². The highest BCUT2D eigenvalue weighted by atomic mass is 16.1. The number of hydrogen-bond acceptors (Lipinski definition) is 2. The second kappa shape index (κ2) is 3.55. The van der Waals surface area contributed by atoms with Crippen molar-refractivity contribution < 1.29 is 9.59 Å². The first-order chi connectivity index (χ1) is 5.38. The van der Waals surface area contributed by atoms with E-state index in [2.05, 4.69) is 10.6 Å². The summed E-state index contributed by atoms with van der Waals surface area (Å²) in [6.07, 6.45) is 5.54. The van der Waals surface area contributed by atoms with E-state index in [1.807, 2.05) is 12.2 Å². The molecule has 4 heteroatoms. The quantitative estimate of drug-likeness (QED) is 0.541. The summed E-state index contributed by atoms with van der Waals surface area (Å²) in [7, 11) is 0. The van der Waals surface area contributed by atoms with Crippen molar-refractivity contribution in [3.05, 3.63) is 23.5 Å². The van der Waals surface area contributed by atoms with Gasteiger partial charge in [-0.3, -0.25) is 9.59 Å². The van der Waals surface area contributed by atoms with Crippen molar-refractivity contribution in [2.45, 2.75) is 6.42 Å². The molecule has 0 bridgehead atoms. The van der Waals surface area contributed by atoms with Crippen molar-refractivity contribution in [3.8, 4) is 0 Å². The molecular weight excluding hydrogens is 144 g/mol. The van der Waals surface area contributed by atoms with Crippen LogP contribution in [0.3, 0.4) is 0 Å². The molecule has 0 aromatic carbocycles. The van der Waals surface area contributed by atoms with E-state index in [-0.39, 0.29) is 0 Å². The van der Waals surface area contributed by atoms with Crippen molar-refractivity contribution in [1.29, 1.82) is 0 Å². The predicted molar refractivity (Wildman–Crippen MR) is 39.2 cm³/mol. The molecule has 0 unspecified atom stereocenters. The van der Waals surface area contributed by atoms with E-state index in [0.717, 1.165) is 6.42 Å². The smallest absolute Gasteiger partial charge is 0.211 e. The Morgan fingerprint density at radius 1 is 1.09 bits per heavy atom. The van der Waals surface area contributed by atoms with E-state index >= 15 is 0 Å². The van der Waals surface area contributed by atoms with Crippen molar-refractivity contribution in [2.75, 3.05) is 0 Å². The molecule has 0 aliphatic heterocycles. The van der Waals surface area contributed by atoms with Crippen LogP contribution in [0, 0.1) is 0 Å². The molecule has 0 saturated carbocycles. The maximum absolute atomic E-state index is 10.0. The second-order valence-corrected chi connectivity index (χ2v) is 2.00. The molecule has 1 aliphatic rings. The van der Waals surface area contributed by atoms with Gasteiger partial charge in [0, 0.05) is 0 Å². The molecule has 2 amide bonds. The minimum atomic E-state index is 0.581. The normalized spacial score (nSPS) is 14.9. The molecule has 11 heavy (non-hydrogen) atoms. The highest BCUT2D eigenvalue weighted by molar-refractivity contribution is 5.59. The zero-order valence-corrected chi connectivity index (χ0v) is 5.83. The van der Waals surface area contributed by atoms with Gasteiger partial charge in [-0.1, -0.05) is 12.2 Å². The Bertz CT molecular complexity index is 207. The van der Waals surface area contributed by atoms with Crippen molar-refractivity contribution in [2.24, 2.45) is 0 Å². The SMILES string of the molecule is O=CNC1=CCC=C1NC=O. The number of nitrogens with one attached hydrogen (secondary N) is 2. The number of carbonyl (C=O) groups is 2. The third-order valence-corrected chi connectivity index (χ3v) is 1.36. The molecule has 0 fully saturated rings. The predicted octanol–water partition coefficient (Wildman–Crippen LogP) is -0.350. The first-order valence-corrected chi connectivity index (χ1v) is 3.19. The summed E-state index contributed by atoms with van der Waals surface area (Å²) < 4.78 is 0. The summed E-state index contributed by atoms with van der Waals surface area (Å²) in [5.41, 5.74) is 1.32. The minimum Gasteiger partial charge on any atom is -0.327 e. The maximum Gasteiger partial charge on any atom is 0.211 e. The Hall–Kier alpha value is -1.58. The van der Waals surface area contributed by atoms with Gasteiger partial charge >= 0.3 is 0 Å². The van der Waals surface area contributed by atoms with Crippen molar-refractivity contribution in [1.82, 2.24) is 10.6 Å². The highest BCUT2D eigenvalue weighted by Gasteiger charge is 2.06. The zero-order chi connectivity index (χ0) is 8.10. The van der Waals surface area contributed by atoms with Crippen LogP contribution < -0.4 is 10.6 Å². The summed E-state index contributed by atoms with van der Waals surface area (Å²) >= 11 is 0. The Labute approximate surface area is 64.0 Å². The fraction of sp³-hybridized carbons (Fsp3) is 0.143. The standard InChI is InChI=1S/C7H8N2O2/c10-4-8-6-2-1-3-7(6)9-5-11/h2-5H,1H2,(H,8,10)(H,9,11). The van der Waals surface area contributed by atoms with Crippen LogP contribution in [-0.4, -0.2) is 12.8 Å². The van der Waals surface area contributed by atoms with Crippen molar-refractivity contribution in [3.63, 3.8) is 0 Å². The fourth-order valence-electron chi connectivity index (χ4n) is 0.915. The summed E-state index contributed by atoms with van der Waals surface area (Å²) in [6.45, 7) is 0. The lowest BCUT2D eigenvalue weighted by molar-refractivity contribution is -0.110. The van der Waals surface area contributed by atoms with Gasteiger partial charge in [0.05, 0.1) is 11.4 Å². The van der Waals surface area contributed by atoms with Crippen LogP contribution in [0.1, 0.15) is 6.42 Å². The van der Waals surface area contributed by atoms with E-state index in [1.54, 1.807) is 0 Å². The van der Waals surface area contributed by atoms with Gasteiger partial charge in [-0.25, -0.2) is 0 Å². The molecule has 1 rings (SSSR count). The van der Waals surface area contributed by atoms with Gasteiger partial charge in [-0.05, 0) is 6.42 Å². The molecule has 4 nitrogen and oxygen atoms in total. The van der Waals surface area contributed by atoms with Crippen LogP contribution >= 0.6 is 0 Å². The lowest BCUT2D eigenvalue weighted by atomic mass is 10.4. The van der Waals surface area contributed by atoms with E-state index in [0.29, 0.717) is 24.2 Å². The molecule has 0 atom stereocenters. The third-order valence-electron chi connectivity index (χ3n) is 1.36. The van der Waals surface area contributed by atoms with Gasteiger partial charge in [-0.2, -0.15) is 0 Å². The van der Waals surface area contributed by atoms with Gasteiger partial charge < -0.3 is 10.6 Å². The third kappa shape index (κ3) is 1.67. The fourth-order valence-corrected chi connectivity index (χ4v) is 0.915. The first kappa shape index (κ1) is 7.53. The molecule has 0 radical (unpaired) electrons. The summed E-state index contributed by atoms with van der Waals surface area (Å²) in [6, 6.07) is 0. The van der Waals surface area contributed by atoms with Crippen LogP contribution in [0.2, 0.25) is 0 Å². The molecule has 58 valence electrons. The molecular formula is C7H8N2O2. The summed E-state index contributed by atoms with van der Waals surface area (Å²) in [4.78, 5) is 20.0. The molecule has 0 aromatic rings. The van der Waals surface area contributed by atoms with Crippen LogP contribution in [-0.2, 0) is 9.59 Å². The molecule has 1 aliphatic carbocycles. The highest BCUT2D eigenvalue weighted by Crippen LogP contribution is 2.12. The monoisotopic (exact) mass is 152 g/mol. The number of hydrogen-bond donors (Lipinski definition) is 2. The van der Waals surface area contributed by atoms with Crippen molar-refractivity contribution >= 4 is 12.8 Å². The minimum absolute atomic E-state index is 0.581. The van der Waals surface area contributed by atoms with Crippen LogP contribution in [0.4, 0.5) is 0 Å². The number of rotatable bonds is 4. The van der Waals surface area contributed by atoms with Gasteiger partial charge in [0.2, 0.25) is 12.8 Å². The number of carbonyl (C=O) groups excluding carboxylic acids is 2. The van der Waals surface area contributed by atoms with Gasteiger partial charge in [0.25, 0.3) is 0 Å². The molecule has 0 heterocycles. The van der Waals surface area contributed by atoms with Gasteiger partial charge in [0.1, 0.15) is 0 Å². The molecule has 0 aromatic heterocycles. The maximum atomic E-state index is 10.0. The van der Waals surface area contributed by atoms with Gasteiger partial charge in [-0.15, -0.1) is 0 Å². The lowest BCUT2D eigenvalue weighted by Gasteiger charge is -2.03. The van der Waals surface area contributed by atoms with E-state index < -0.39 is 0 Å². The van der Waals surface area contributed by atoms with E-state index in [1.165, 1.54) is 0 Å². The average molecular weight is 152 g/mol. The summed E-state index contributed by atoms with van der Waals surface area (Å²) in [5, 5.41) is 4.94. The van der Waals surface area contributed by atoms with E-state index in [4.69, 9.17) is 0 Å². The zero-order valence-electron chi connectivity index (χ0n) is 5.83. The number of allylic oxidation sites excluding steroid dienone is 2. The van der Waals surface area contributed by atoms with Crippen LogP contribution in [0.25, 0.3) is 0 Å². The second-order valence-electron chi connectivity index (χ2n) is 2.00. The largest absolute Gasteiger partial charge is 0.327 e. The van der Waals surface area contributed by atoms with Gasteiger partial charge in [0.15, 0.2) is 0 Å².